The smallest absolute Gasteiger partial charge is 0.853 e. The summed E-state index contributed by atoms with van der Waals surface area (Å²) in [6, 6.07) is 11.6. The van der Waals surface area contributed by atoms with Crippen molar-refractivity contribution in [1.82, 2.24) is 9.80 Å². The molecular weight excluding hydrogens is 267 g/mol. The quantitative estimate of drug-likeness (QED) is 0.640. The number of rotatable bonds is 6. The molecule has 1 aliphatic heterocycles. The van der Waals surface area contributed by atoms with Gasteiger partial charge in [0.25, 0.3) is 0 Å². The van der Waals surface area contributed by atoms with Gasteiger partial charge in [-0.1, -0.05) is 44.2 Å². The summed E-state index contributed by atoms with van der Waals surface area (Å²) in [5.74, 6) is 0.540. The van der Waals surface area contributed by atoms with Crippen molar-refractivity contribution in [2.24, 2.45) is 5.92 Å². The maximum atomic E-state index is 11.6. The van der Waals surface area contributed by atoms with Gasteiger partial charge in [0.1, 0.15) is 0 Å². The zero-order valence-corrected chi connectivity index (χ0v) is 14.8. The first-order valence-electron chi connectivity index (χ1n) is 8.11. The van der Waals surface area contributed by atoms with Gasteiger partial charge in [-0.15, -0.1) is 6.61 Å². The first-order chi connectivity index (χ1) is 10.1. The average Bonchev–Trinajstić information content (AvgIpc) is 2.92. The second-order valence-corrected chi connectivity index (χ2v) is 6.75. The van der Waals surface area contributed by atoms with E-state index in [9.17, 15) is 5.11 Å². The summed E-state index contributed by atoms with van der Waals surface area (Å²) in [5.41, 5.74) is 1.34. The van der Waals surface area contributed by atoms with E-state index < -0.39 is 0 Å². The minimum absolute atomic E-state index is 0. The van der Waals surface area contributed by atoms with Gasteiger partial charge in [-0.2, -0.15) is 0 Å². The van der Waals surface area contributed by atoms with Crippen LogP contribution < -0.4 is 24.0 Å². The molecule has 0 saturated carbocycles. The summed E-state index contributed by atoms with van der Waals surface area (Å²) in [5, 5.41) is 11.6. The monoisotopic (exact) mass is 296 g/mol. The van der Waals surface area contributed by atoms with Crippen LogP contribution in [0.4, 0.5) is 0 Å². The largest absolute Gasteiger partial charge is 1.00 e. The molecule has 22 heavy (non-hydrogen) atoms. The molecule has 0 radical (unpaired) electrons. The normalized spacial score (nSPS) is 21.9. The van der Waals surface area contributed by atoms with Gasteiger partial charge in [0.15, 0.2) is 0 Å². The molecule has 2 rings (SSSR count). The third-order valence-electron chi connectivity index (χ3n) is 4.72. The number of benzene rings is 1. The molecule has 118 valence electrons. The van der Waals surface area contributed by atoms with Crippen molar-refractivity contribution in [2.75, 3.05) is 27.2 Å². The number of hydrogen-bond donors (Lipinski definition) is 0. The SMILES string of the molecule is CC(C)[C@@H]([C@H](c1ccccc1)N1CCC[C@H]1C[O-])N(C)C.[Li+]. The van der Waals surface area contributed by atoms with Crippen LogP contribution in [-0.2, 0) is 0 Å². The first-order valence-corrected chi connectivity index (χ1v) is 8.11. The predicted molar refractivity (Wildman–Crippen MR) is 86.1 cm³/mol. The topological polar surface area (TPSA) is 29.5 Å². The van der Waals surface area contributed by atoms with Crippen LogP contribution in [-0.4, -0.2) is 49.1 Å². The van der Waals surface area contributed by atoms with Crippen LogP contribution in [0.25, 0.3) is 0 Å². The van der Waals surface area contributed by atoms with Gasteiger partial charge in [0.05, 0.1) is 6.04 Å². The molecule has 1 fully saturated rings. The molecule has 1 heterocycles. The Morgan fingerprint density at radius 1 is 1.23 bits per heavy atom. The summed E-state index contributed by atoms with van der Waals surface area (Å²) < 4.78 is 0. The number of hydrogen-bond acceptors (Lipinski definition) is 3. The van der Waals surface area contributed by atoms with Crippen molar-refractivity contribution in [1.29, 1.82) is 0 Å². The Bertz CT molecular complexity index is 416. The Morgan fingerprint density at radius 2 is 1.86 bits per heavy atom. The van der Waals surface area contributed by atoms with Crippen LogP contribution in [0.3, 0.4) is 0 Å². The van der Waals surface area contributed by atoms with Crippen molar-refractivity contribution < 1.29 is 24.0 Å². The molecule has 0 aliphatic carbocycles. The van der Waals surface area contributed by atoms with Crippen molar-refractivity contribution in [3.63, 3.8) is 0 Å². The minimum Gasteiger partial charge on any atom is -0.853 e. The van der Waals surface area contributed by atoms with Crippen LogP contribution in [0.2, 0.25) is 0 Å². The maximum absolute atomic E-state index is 11.6. The molecule has 0 N–H and O–H groups in total. The van der Waals surface area contributed by atoms with E-state index in [1.165, 1.54) is 5.56 Å². The molecule has 1 saturated heterocycles. The van der Waals surface area contributed by atoms with E-state index in [-0.39, 0.29) is 31.5 Å². The van der Waals surface area contributed by atoms with E-state index in [2.05, 4.69) is 68.1 Å². The molecule has 0 spiro atoms. The van der Waals surface area contributed by atoms with Crippen molar-refractivity contribution in [2.45, 2.75) is 44.8 Å². The third kappa shape index (κ3) is 4.37. The fourth-order valence-corrected chi connectivity index (χ4v) is 3.88. The number of likely N-dealkylation sites (N-methyl/N-ethyl adjacent to an activating group) is 1. The average molecular weight is 296 g/mol. The van der Waals surface area contributed by atoms with Gasteiger partial charge in [-0.3, -0.25) is 4.90 Å². The van der Waals surface area contributed by atoms with E-state index in [0.717, 1.165) is 19.4 Å². The van der Waals surface area contributed by atoms with Crippen LogP contribution in [0.15, 0.2) is 30.3 Å². The molecular formula is C18H29LiN2O. The van der Waals surface area contributed by atoms with E-state index in [1.807, 2.05) is 0 Å². The predicted octanol–water partition coefficient (Wildman–Crippen LogP) is -0.857. The zero-order valence-electron chi connectivity index (χ0n) is 14.8. The van der Waals surface area contributed by atoms with Crippen LogP contribution in [0.1, 0.15) is 38.3 Å². The van der Waals surface area contributed by atoms with Gasteiger partial charge in [-0.25, -0.2) is 0 Å². The molecule has 3 atom stereocenters. The Morgan fingerprint density at radius 3 is 2.36 bits per heavy atom. The molecule has 0 aromatic heterocycles. The standard InChI is InChI=1S/C18H29N2O.Li/c1-14(2)17(19(3)4)18(15-9-6-5-7-10-15)20-12-8-11-16(20)13-21;/h5-7,9-10,14,16-18H,8,11-13H2,1-4H3;/q-1;+1/t16-,17-,18-;/m0./s1. The van der Waals surface area contributed by atoms with Gasteiger partial charge in [0, 0.05) is 6.04 Å². The van der Waals surface area contributed by atoms with Crippen molar-refractivity contribution >= 4 is 0 Å². The molecule has 0 amide bonds. The molecule has 3 nitrogen and oxygen atoms in total. The molecule has 4 heteroatoms. The summed E-state index contributed by atoms with van der Waals surface area (Å²) in [4.78, 5) is 4.79. The van der Waals surface area contributed by atoms with E-state index in [4.69, 9.17) is 0 Å². The van der Waals surface area contributed by atoms with E-state index >= 15 is 0 Å². The maximum Gasteiger partial charge on any atom is 1.00 e. The second kappa shape index (κ2) is 9.11. The van der Waals surface area contributed by atoms with Gasteiger partial charge in [-0.05, 0) is 51.0 Å². The minimum atomic E-state index is 0. The molecule has 1 aliphatic rings. The molecule has 0 unspecified atom stereocenters. The zero-order chi connectivity index (χ0) is 15.4. The molecule has 1 aromatic carbocycles. The summed E-state index contributed by atoms with van der Waals surface area (Å²) in [7, 11) is 4.31. The fourth-order valence-electron chi connectivity index (χ4n) is 3.88. The Kier molecular flexibility index (Phi) is 8.17. The third-order valence-corrected chi connectivity index (χ3v) is 4.72. The molecule has 1 aromatic rings. The Hall–Kier alpha value is -0.303. The first kappa shape index (κ1) is 19.7. The summed E-state index contributed by atoms with van der Waals surface area (Å²) in [6.45, 7) is 5.62. The van der Waals surface area contributed by atoms with Crippen molar-refractivity contribution in [3.8, 4) is 0 Å². The van der Waals surface area contributed by atoms with E-state index in [1.54, 1.807) is 0 Å². The van der Waals surface area contributed by atoms with E-state index in [0.29, 0.717) is 18.0 Å². The van der Waals surface area contributed by atoms with Gasteiger partial charge >= 0.3 is 18.9 Å². The molecule has 0 bridgehead atoms. The van der Waals surface area contributed by atoms with Gasteiger partial charge < -0.3 is 10.0 Å². The number of likely N-dealkylation sites (tertiary alicyclic amines) is 1. The van der Waals surface area contributed by atoms with Crippen LogP contribution in [0.5, 0.6) is 0 Å². The summed E-state index contributed by atoms with van der Waals surface area (Å²) >= 11 is 0. The number of nitrogens with zero attached hydrogens (tertiary/aromatic N) is 2. The van der Waals surface area contributed by atoms with Gasteiger partial charge in [0.2, 0.25) is 0 Å². The Labute approximate surface area is 147 Å². The fraction of sp³-hybridized carbons (Fsp3) is 0.667. The van der Waals surface area contributed by atoms with Crippen LogP contribution in [0, 0.1) is 5.92 Å². The van der Waals surface area contributed by atoms with Crippen molar-refractivity contribution in [3.05, 3.63) is 35.9 Å². The second-order valence-electron chi connectivity index (χ2n) is 6.75. The summed E-state index contributed by atoms with van der Waals surface area (Å²) in [6.07, 6.45) is 2.19. The van der Waals surface area contributed by atoms with Crippen LogP contribution >= 0.6 is 0 Å². The Balaban J connectivity index is 0.00000242.